The monoisotopic (exact) mass is 215 g/mol. The average Bonchev–Trinajstić information content (AvgIpc) is 2.30. The molecule has 2 aromatic carbocycles. The predicted octanol–water partition coefficient (Wildman–Crippen LogP) is 3.05. The summed E-state index contributed by atoms with van der Waals surface area (Å²) in [6, 6.07) is 16.2. The van der Waals surface area contributed by atoms with Gasteiger partial charge in [-0.3, -0.25) is 0 Å². The normalized spacial score (nSPS) is 14.4. The Bertz CT molecular complexity index is 477. The molecular weight excluding hydrogens is 201 g/mol. The van der Waals surface area contributed by atoms with Gasteiger partial charge < -0.3 is 5.73 Å². The number of nitrogens with two attached hydrogens (primary N) is 1. The molecule has 1 atom stereocenters. The summed E-state index contributed by atoms with van der Waals surface area (Å²) in [6.07, 6.45) is 0. The van der Waals surface area contributed by atoms with Crippen LogP contribution in [0.25, 0.3) is 0 Å². The molecule has 0 aliphatic heterocycles. The molecule has 0 spiro atoms. The quantitative estimate of drug-likeness (QED) is 0.818. The summed E-state index contributed by atoms with van der Waals surface area (Å²) in [5, 5.41) is 0. The molecule has 0 radical (unpaired) electrons. The van der Waals surface area contributed by atoms with E-state index in [0.29, 0.717) is 5.56 Å². The van der Waals surface area contributed by atoms with Crippen LogP contribution in [0, 0.1) is 5.82 Å². The minimum atomic E-state index is -0.799. The maximum absolute atomic E-state index is 13.7. The van der Waals surface area contributed by atoms with Gasteiger partial charge in [0.05, 0.1) is 5.54 Å². The van der Waals surface area contributed by atoms with Crippen molar-refractivity contribution in [2.24, 2.45) is 5.73 Å². The summed E-state index contributed by atoms with van der Waals surface area (Å²) < 4.78 is 13.7. The van der Waals surface area contributed by atoms with Crippen molar-refractivity contribution in [3.05, 3.63) is 71.5 Å². The zero-order valence-electron chi connectivity index (χ0n) is 9.15. The lowest BCUT2D eigenvalue weighted by molar-refractivity contribution is 0.531. The van der Waals surface area contributed by atoms with E-state index < -0.39 is 5.54 Å². The van der Waals surface area contributed by atoms with Gasteiger partial charge in [0.15, 0.2) is 0 Å². The van der Waals surface area contributed by atoms with Crippen molar-refractivity contribution in [3.8, 4) is 0 Å². The van der Waals surface area contributed by atoms with Gasteiger partial charge in [0.2, 0.25) is 0 Å². The lowest BCUT2D eigenvalue weighted by Crippen LogP contribution is -2.35. The zero-order chi connectivity index (χ0) is 11.6. The van der Waals surface area contributed by atoms with Gasteiger partial charge in [-0.15, -0.1) is 0 Å². The Labute approximate surface area is 94.7 Å². The second-order valence-corrected chi connectivity index (χ2v) is 4.05. The third-order valence-corrected chi connectivity index (χ3v) is 2.81. The van der Waals surface area contributed by atoms with Crippen LogP contribution in [0.1, 0.15) is 18.1 Å². The molecule has 16 heavy (non-hydrogen) atoms. The molecule has 0 fully saturated rings. The number of halogens is 1. The van der Waals surface area contributed by atoms with Crippen LogP contribution in [0.4, 0.5) is 4.39 Å². The van der Waals surface area contributed by atoms with E-state index in [0.717, 1.165) is 5.56 Å². The van der Waals surface area contributed by atoms with Crippen molar-refractivity contribution >= 4 is 0 Å². The van der Waals surface area contributed by atoms with Crippen LogP contribution in [-0.4, -0.2) is 0 Å². The number of benzene rings is 2. The highest BCUT2D eigenvalue weighted by Crippen LogP contribution is 2.27. The third kappa shape index (κ3) is 1.84. The number of rotatable bonds is 2. The molecule has 0 aliphatic carbocycles. The lowest BCUT2D eigenvalue weighted by atomic mass is 9.85. The molecule has 0 aliphatic rings. The fourth-order valence-electron chi connectivity index (χ4n) is 1.82. The number of hydrogen-bond acceptors (Lipinski definition) is 1. The summed E-state index contributed by atoms with van der Waals surface area (Å²) in [6.45, 7) is 1.82. The van der Waals surface area contributed by atoms with Gasteiger partial charge >= 0.3 is 0 Å². The molecule has 1 unspecified atom stereocenters. The first kappa shape index (κ1) is 10.8. The highest BCUT2D eigenvalue weighted by atomic mass is 19.1. The topological polar surface area (TPSA) is 26.0 Å². The van der Waals surface area contributed by atoms with Crippen LogP contribution in [0.3, 0.4) is 0 Å². The summed E-state index contributed by atoms with van der Waals surface area (Å²) in [5.74, 6) is -0.267. The molecule has 2 rings (SSSR count). The van der Waals surface area contributed by atoms with E-state index in [1.165, 1.54) is 6.07 Å². The molecule has 0 saturated carbocycles. The first-order valence-electron chi connectivity index (χ1n) is 5.22. The van der Waals surface area contributed by atoms with Gasteiger partial charge in [-0.05, 0) is 18.6 Å². The molecule has 0 amide bonds. The van der Waals surface area contributed by atoms with Gasteiger partial charge in [0.25, 0.3) is 0 Å². The number of hydrogen-bond donors (Lipinski definition) is 1. The Balaban J connectivity index is 2.51. The van der Waals surface area contributed by atoms with Crippen LogP contribution >= 0.6 is 0 Å². The zero-order valence-corrected chi connectivity index (χ0v) is 9.15. The van der Waals surface area contributed by atoms with Crippen molar-refractivity contribution in [1.29, 1.82) is 0 Å². The van der Waals surface area contributed by atoms with Gasteiger partial charge in [0, 0.05) is 5.56 Å². The van der Waals surface area contributed by atoms with E-state index in [9.17, 15) is 4.39 Å². The average molecular weight is 215 g/mol. The summed E-state index contributed by atoms with van der Waals surface area (Å²) in [4.78, 5) is 0. The smallest absolute Gasteiger partial charge is 0.128 e. The Morgan fingerprint density at radius 3 is 2.12 bits per heavy atom. The van der Waals surface area contributed by atoms with E-state index in [1.54, 1.807) is 18.2 Å². The van der Waals surface area contributed by atoms with Crippen LogP contribution < -0.4 is 5.73 Å². The second kappa shape index (κ2) is 4.06. The Morgan fingerprint density at radius 2 is 1.50 bits per heavy atom. The Hall–Kier alpha value is -1.67. The molecule has 0 saturated heterocycles. The van der Waals surface area contributed by atoms with Crippen molar-refractivity contribution in [2.45, 2.75) is 12.5 Å². The maximum Gasteiger partial charge on any atom is 0.128 e. The standard InChI is InChI=1S/C14H14FN/c1-14(16,11-7-3-2-4-8-11)12-9-5-6-10-13(12)15/h2-10H,16H2,1H3. The van der Waals surface area contributed by atoms with Crippen LogP contribution in [0.5, 0.6) is 0 Å². The first-order chi connectivity index (χ1) is 7.62. The fourth-order valence-corrected chi connectivity index (χ4v) is 1.82. The first-order valence-corrected chi connectivity index (χ1v) is 5.22. The van der Waals surface area contributed by atoms with Gasteiger partial charge in [-0.1, -0.05) is 48.5 Å². The molecule has 2 aromatic rings. The van der Waals surface area contributed by atoms with Crippen LogP contribution in [0.2, 0.25) is 0 Å². The largest absolute Gasteiger partial charge is 0.318 e. The van der Waals surface area contributed by atoms with Crippen LogP contribution in [-0.2, 0) is 5.54 Å². The summed E-state index contributed by atoms with van der Waals surface area (Å²) in [7, 11) is 0. The van der Waals surface area contributed by atoms with E-state index >= 15 is 0 Å². The van der Waals surface area contributed by atoms with Gasteiger partial charge in [-0.25, -0.2) is 4.39 Å². The minimum Gasteiger partial charge on any atom is -0.318 e. The molecule has 0 heterocycles. The maximum atomic E-state index is 13.7. The van der Waals surface area contributed by atoms with E-state index in [4.69, 9.17) is 5.73 Å². The van der Waals surface area contributed by atoms with Crippen molar-refractivity contribution in [3.63, 3.8) is 0 Å². The second-order valence-electron chi connectivity index (χ2n) is 4.05. The van der Waals surface area contributed by atoms with Crippen molar-refractivity contribution < 1.29 is 4.39 Å². The summed E-state index contributed by atoms with van der Waals surface area (Å²) >= 11 is 0. The molecular formula is C14H14FN. The molecule has 0 aromatic heterocycles. The predicted molar refractivity (Wildman–Crippen MR) is 63.5 cm³/mol. The van der Waals surface area contributed by atoms with Crippen LogP contribution in [0.15, 0.2) is 54.6 Å². The van der Waals surface area contributed by atoms with E-state index in [1.807, 2.05) is 37.3 Å². The molecule has 2 N–H and O–H groups in total. The molecule has 2 heteroatoms. The van der Waals surface area contributed by atoms with Gasteiger partial charge in [-0.2, -0.15) is 0 Å². The third-order valence-electron chi connectivity index (χ3n) is 2.81. The van der Waals surface area contributed by atoms with Crippen molar-refractivity contribution in [1.82, 2.24) is 0 Å². The van der Waals surface area contributed by atoms with Crippen molar-refractivity contribution in [2.75, 3.05) is 0 Å². The lowest BCUT2D eigenvalue weighted by Gasteiger charge is -2.26. The Morgan fingerprint density at radius 1 is 0.938 bits per heavy atom. The highest BCUT2D eigenvalue weighted by Gasteiger charge is 2.26. The SMILES string of the molecule is CC(N)(c1ccccc1)c1ccccc1F. The van der Waals surface area contributed by atoms with E-state index in [2.05, 4.69) is 0 Å². The highest BCUT2D eigenvalue weighted by molar-refractivity contribution is 5.37. The molecule has 1 nitrogen and oxygen atoms in total. The minimum absolute atomic E-state index is 0.267. The molecule has 82 valence electrons. The van der Waals surface area contributed by atoms with Gasteiger partial charge in [0.1, 0.15) is 5.82 Å². The molecule has 0 bridgehead atoms. The van der Waals surface area contributed by atoms with E-state index in [-0.39, 0.29) is 5.82 Å². The Kier molecular flexibility index (Phi) is 2.75. The fraction of sp³-hybridized carbons (Fsp3) is 0.143. The summed E-state index contributed by atoms with van der Waals surface area (Å²) in [5.41, 5.74) is 6.84.